The largest absolute Gasteiger partial charge is 0.491 e. The lowest BCUT2D eigenvalue weighted by Gasteiger charge is -2.34. The maximum absolute atomic E-state index is 13.8. The van der Waals surface area contributed by atoms with Crippen LogP contribution in [0, 0.1) is 13.8 Å². The number of benzene rings is 2. The molecule has 4 rings (SSSR count). The predicted molar refractivity (Wildman–Crippen MR) is 127 cm³/mol. The van der Waals surface area contributed by atoms with Gasteiger partial charge in [-0.05, 0) is 56.1 Å². The average molecular weight is 434 g/mol. The summed E-state index contributed by atoms with van der Waals surface area (Å²) in [7, 11) is 2.07. The number of carbonyl (C=O) groups is 2. The second-order valence-corrected chi connectivity index (χ2v) is 8.57. The third-order valence-corrected chi connectivity index (χ3v) is 6.24. The van der Waals surface area contributed by atoms with E-state index in [1.807, 2.05) is 57.2 Å². The summed E-state index contributed by atoms with van der Waals surface area (Å²) in [5.74, 6) is -0.0184. The van der Waals surface area contributed by atoms with Crippen molar-refractivity contribution in [1.82, 2.24) is 9.80 Å². The van der Waals surface area contributed by atoms with Crippen LogP contribution < -0.4 is 9.64 Å². The highest BCUT2D eigenvalue weighted by Crippen LogP contribution is 2.39. The normalized spacial score (nSPS) is 17.5. The van der Waals surface area contributed by atoms with Crippen molar-refractivity contribution < 1.29 is 14.3 Å². The molecule has 2 aromatic rings. The molecule has 32 heavy (non-hydrogen) atoms. The number of anilines is 1. The molecule has 0 bridgehead atoms. The van der Waals surface area contributed by atoms with E-state index in [1.54, 1.807) is 6.07 Å². The van der Waals surface area contributed by atoms with Gasteiger partial charge in [-0.25, -0.2) is 4.90 Å². The Morgan fingerprint density at radius 3 is 2.31 bits per heavy atom. The smallest absolute Gasteiger partial charge is 0.282 e. The standard InChI is InChI=1S/C26H31N3O3/c1-5-16-32-22-9-7-6-8-21(22)29-25(30)23(20-11-10-18(2)19(3)17-20)24(26(29)31)28-14-12-27(4)13-15-28/h6-11,17H,5,12-16H2,1-4H3. The minimum absolute atomic E-state index is 0.277. The fourth-order valence-corrected chi connectivity index (χ4v) is 4.19. The molecule has 1 saturated heterocycles. The summed E-state index contributed by atoms with van der Waals surface area (Å²) in [4.78, 5) is 33.2. The second-order valence-electron chi connectivity index (χ2n) is 8.57. The predicted octanol–water partition coefficient (Wildman–Crippen LogP) is 3.62. The van der Waals surface area contributed by atoms with E-state index >= 15 is 0 Å². The van der Waals surface area contributed by atoms with Gasteiger partial charge in [0.2, 0.25) is 0 Å². The first-order chi connectivity index (χ1) is 15.4. The van der Waals surface area contributed by atoms with Crippen molar-refractivity contribution in [1.29, 1.82) is 0 Å². The molecule has 2 heterocycles. The Morgan fingerprint density at radius 1 is 0.906 bits per heavy atom. The van der Waals surface area contributed by atoms with Crippen LogP contribution in [-0.2, 0) is 9.59 Å². The molecule has 168 valence electrons. The van der Waals surface area contributed by atoms with E-state index < -0.39 is 0 Å². The van der Waals surface area contributed by atoms with Crippen LogP contribution in [0.25, 0.3) is 5.57 Å². The number of para-hydroxylation sites is 2. The van der Waals surface area contributed by atoms with Crippen LogP contribution in [0.3, 0.4) is 0 Å². The molecular weight excluding hydrogens is 402 g/mol. The van der Waals surface area contributed by atoms with Gasteiger partial charge in [-0.2, -0.15) is 0 Å². The van der Waals surface area contributed by atoms with Gasteiger partial charge in [0.05, 0.1) is 17.9 Å². The Morgan fingerprint density at radius 2 is 1.62 bits per heavy atom. The summed E-state index contributed by atoms with van der Waals surface area (Å²) in [5, 5.41) is 0. The van der Waals surface area contributed by atoms with Crippen LogP contribution >= 0.6 is 0 Å². The number of ether oxygens (including phenoxy) is 1. The van der Waals surface area contributed by atoms with Gasteiger partial charge < -0.3 is 14.5 Å². The molecule has 0 unspecified atom stereocenters. The molecule has 6 nitrogen and oxygen atoms in total. The molecule has 0 aliphatic carbocycles. The van der Waals surface area contributed by atoms with Crippen molar-refractivity contribution in [2.75, 3.05) is 44.7 Å². The second kappa shape index (κ2) is 9.17. The number of rotatable bonds is 6. The molecule has 0 N–H and O–H groups in total. The highest BCUT2D eigenvalue weighted by Gasteiger charge is 2.43. The fraction of sp³-hybridized carbons (Fsp3) is 0.385. The van der Waals surface area contributed by atoms with E-state index in [4.69, 9.17) is 4.74 Å². The van der Waals surface area contributed by atoms with E-state index in [9.17, 15) is 9.59 Å². The summed E-state index contributed by atoms with van der Waals surface area (Å²) in [5.41, 5.74) is 4.52. The highest BCUT2D eigenvalue weighted by molar-refractivity contribution is 6.45. The Bertz CT molecular complexity index is 1070. The SMILES string of the molecule is CCCOc1ccccc1N1C(=O)C(c2ccc(C)c(C)c2)=C(N2CCN(C)CC2)C1=O. The van der Waals surface area contributed by atoms with Crippen LogP contribution in [0.15, 0.2) is 48.2 Å². The number of piperazine rings is 1. The summed E-state index contributed by atoms with van der Waals surface area (Å²) in [6.07, 6.45) is 0.842. The van der Waals surface area contributed by atoms with Crippen molar-refractivity contribution in [2.45, 2.75) is 27.2 Å². The monoisotopic (exact) mass is 433 g/mol. The van der Waals surface area contributed by atoms with Crippen LogP contribution in [-0.4, -0.2) is 61.4 Å². The molecule has 1 fully saturated rings. The Kier molecular flexibility index (Phi) is 6.33. The molecule has 0 radical (unpaired) electrons. The number of likely N-dealkylation sites (N-methyl/N-ethyl adjacent to an activating group) is 1. The lowest BCUT2D eigenvalue weighted by Crippen LogP contribution is -2.46. The summed E-state index contributed by atoms with van der Waals surface area (Å²) in [6, 6.07) is 13.3. The first-order valence-electron chi connectivity index (χ1n) is 11.3. The maximum atomic E-state index is 13.8. The maximum Gasteiger partial charge on any atom is 0.282 e. The number of hydrogen-bond donors (Lipinski definition) is 0. The summed E-state index contributed by atoms with van der Waals surface area (Å²) >= 11 is 0. The molecule has 0 saturated carbocycles. The van der Waals surface area contributed by atoms with Gasteiger partial charge in [-0.3, -0.25) is 9.59 Å². The zero-order valence-corrected chi connectivity index (χ0v) is 19.4. The third-order valence-electron chi connectivity index (χ3n) is 6.24. The van der Waals surface area contributed by atoms with Crippen molar-refractivity contribution >= 4 is 23.1 Å². The van der Waals surface area contributed by atoms with E-state index in [0.29, 0.717) is 42.4 Å². The molecule has 6 heteroatoms. The highest BCUT2D eigenvalue weighted by atomic mass is 16.5. The van der Waals surface area contributed by atoms with E-state index in [2.05, 4.69) is 16.8 Å². The first-order valence-corrected chi connectivity index (χ1v) is 11.3. The molecule has 2 aromatic carbocycles. The van der Waals surface area contributed by atoms with Crippen LogP contribution in [0.5, 0.6) is 5.75 Å². The number of imide groups is 1. The quantitative estimate of drug-likeness (QED) is 0.652. The van der Waals surface area contributed by atoms with Gasteiger partial charge in [0.15, 0.2) is 0 Å². The Balaban J connectivity index is 1.81. The summed E-state index contributed by atoms with van der Waals surface area (Å²) in [6.45, 7) is 9.74. The molecule has 0 spiro atoms. The molecule has 2 amide bonds. The number of hydrogen-bond acceptors (Lipinski definition) is 5. The number of amides is 2. The minimum Gasteiger partial charge on any atom is -0.491 e. The van der Waals surface area contributed by atoms with Gasteiger partial charge in [0, 0.05) is 26.2 Å². The van der Waals surface area contributed by atoms with Gasteiger partial charge in [-0.1, -0.05) is 37.3 Å². The van der Waals surface area contributed by atoms with Crippen LogP contribution in [0.4, 0.5) is 5.69 Å². The third kappa shape index (κ3) is 4.02. The molecule has 2 aliphatic rings. The average Bonchev–Trinajstić information content (AvgIpc) is 3.05. The zero-order chi connectivity index (χ0) is 22.8. The number of nitrogens with zero attached hydrogens (tertiary/aromatic N) is 3. The Labute approximate surface area is 190 Å². The van der Waals surface area contributed by atoms with Gasteiger partial charge in [0.1, 0.15) is 11.4 Å². The minimum atomic E-state index is -0.292. The summed E-state index contributed by atoms with van der Waals surface area (Å²) < 4.78 is 5.88. The van der Waals surface area contributed by atoms with Crippen molar-refractivity contribution in [3.05, 3.63) is 64.9 Å². The fourth-order valence-electron chi connectivity index (χ4n) is 4.19. The zero-order valence-electron chi connectivity index (χ0n) is 19.4. The van der Waals surface area contributed by atoms with Gasteiger partial charge >= 0.3 is 0 Å². The molecule has 0 atom stereocenters. The molecule has 0 aromatic heterocycles. The van der Waals surface area contributed by atoms with Crippen molar-refractivity contribution in [2.24, 2.45) is 0 Å². The van der Waals surface area contributed by atoms with Crippen LogP contribution in [0.2, 0.25) is 0 Å². The van der Waals surface area contributed by atoms with Crippen LogP contribution in [0.1, 0.15) is 30.0 Å². The lowest BCUT2D eigenvalue weighted by molar-refractivity contribution is -0.120. The van der Waals surface area contributed by atoms with Crippen molar-refractivity contribution in [3.8, 4) is 5.75 Å². The van der Waals surface area contributed by atoms with Crippen molar-refractivity contribution in [3.63, 3.8) is 0 Å². The number of aryl methyl sites for hydroxylation is 2. The van der Waals surface area contributed by atoms with E-state index in [1.165, 1.54) is 4.90 Å². The number of carbonyl (C=O) groups excluding carboxylic acids is 2. The van der Waals surface area contributed by atoms with Gasteiger partial charge in [0.25, 0.3) is 11.8 Å². The van der Waals surface area contributed by atoms with Gasteiger partial charge in [-0.15, -0.1) is 0 Å². The van der Waals surface area contributed by atoms with E-state index in [-0.39, 0.29) is 11.8 Å². The molecule has 2 aliphatic heterocycles. The lowest BCUT2D eigenvalue weighted by atomic mass is 9.99. The Hall–Kier alpha value is -3.12. The first kappa shape index (κ1) is 22.1. The molecular formula is C26H31N3O3. The topological polar surface area (TPSA) is 53.1 Å². The van der Waals surface area contributed by atoms with E-state index in [0.717, 1.165) is 36.2 Å².